The van der Waals surface area contributed by atoms with Gasteiger partial charge in [0, 0.05) is 32.0 Å². The Balaban J connectivity index is 1.37. The van der Waals surface area contributed by atoms with Gasteiger partial charge in [-0.05, 0) is 43.6 Å². The van der Waals surface area contributed by atoms with E-state index in [1.807, 2.05) is 11.8 Å². The predicted octanol–water partition coefficient (Wildman–Crippen LogP) is 1.84. The molecule has 4 rings (SSSR count). The molecular formula is C19H26N2O4. The van der Waals surface area contributed by atoms with Crippen molar-refractivity contribution < 1.29 is 18.7 Å². The SMILES string of the molecule is Cc1occc1C(=O)N1C[C@@H]2COC[C@@H](CC(=O)NCC3CC3)[C@@H]2C1. The average Bonchev–Trinajstić information content (AvgIpc) is 3.16. The number of likely N-dealkylation sites (tertiary alicyclic amines) is 1. The molecule has 136 valence electrons. The zero-order valence-corrected chi connectivity index (χ0v) is 14.7. The van der Waals surface area contributed by atoms with Crippen LogP contribution in [0.4, 0.5) is 0 Å². The van der Waals surface area contributed by atoms with E-state index in [-0.39, 0.29) is 17.7 Å². The van der Waals surface area contributed by atoms with E-state index in [1.54, 1.807) is 12.3 Å². The number of hydrogen-bond acceptors (Lipinski definition) is 4. The molecule has 0 aromatic carbocycles. The van der Waals surface area contributed by atoms with E-state index < -0.39 is 0 Å². The summed E-state index contributed by atoms with van der Waals surface area (Å²) in [5.41, 5.74) is 0.637. The van der Waals surface area contributed by atoms with Crippen molar-refractivity contribution in [3.63, 3.8) is 0 Å². The minimum Gasteiger partial charge on any atom is -0.469 e. The topological polar surface area (TPSA) is 71.8 Å². The standard InChI is InChI=1S/C19H26N2O4/c1-12-16(4-5-25-12)19(23)21-8-15-11-24-10-14(17(15)9-21)6-18(22)20-7-13-2-3-13/h4-5,13-15,17H,2-3,6-11H2,1H3,(H,20,22)/t14-,15-,17+/m1/s1. The van der Waals surface area contributed by atoms with Crippen molar-refractivity contribution in [2.75, 3.05) is 32.8 Å². The van der Waals surface area contributed by atoms with Crippen molar-refractivity contribution in [1.29, 1.82) is 0 Å². The molecule has 1 aliphatic carbocycles. The average molecular weight is 346 g/mol. The van der Waals surface area contributed by atoms with Crippen molar-refractivity contribution in [2.45, 2.75) is 26.2 Å². The van der Waals surface area contributed by atoms with Crippen LogP contribution in [0.3, 0.4) is 0 Å². The molecule has 25 heavy (non-hydrogen) atoms. The second-order valence-corrected chi connectivity index (χ2v) is 7.77. The number of carbonyl (C=O) groups excluding carboxylic acids is 2. The van der Waals surface area contributed by atoms with Gasteiger partial charge in [-0.1, -0.05) is 0 Å². The van der Waals surface area contributed by atoms with Gasteiger partial charge >= 0.3 is 0 Å². The maximum Gasteiger partial charge on any atom is 0.257 e. The van der Waals surface area contributed by atoms with E-state index in [1.165, 1.54) is 12.8 Å². The van der Waals surface area contributed by atoms with E-state index in [0.717, 1.165) is 6.54 Å². The van der Waals surface area contributed by atoms with Gasteiger partial charge in [-0.2, -0.15) is 0 Å². The van der Waals surface area contributed by atoms with E-state index in [4.69, 9.17) is 9.15 Å². The number of hydrogen-bond donors (Lipinski definition) is 1. The Bertz CT molecular complexity index is 652. The van der Waals surface area contributed by atoms with Gasteiger partial charge in [0.05, 0.1) is 25.0 Å². The maximum absolute atomic E-state index is 12.7. The van der Waals surface area contributed by atoms with Gasteiger partial charge < -0.3 is 19.4 Å². The van der Waals surface area contributed by atoms with Gasteiger partial charge in [0.25, 0.3) is 5.91 Å². The summed E-state index contributed by atoms with van der Waals surface area (Å²) >= 11 is 0. The Morgan fingerprint density at radius 1 is 1.28 bits per heavy atom. The Hall–Kier alpha value is -1.82. The number of rotatable bonds is 5. The van der Waals surface area contributed by atoms with Crippen LogP contribution in [0, 0.1) is 30.6 Å². The number of fused-ring (bicyclic) bond motifs is 1. The molecule has 2 amide bonds. The summed E-state index contributed by atoms with van der Waals surface area (Å²) < 4.78 is 11.0. The van der Waals surface area contributed by atoms with Gasteiger partial charge in [0.1, 0.15) is 5.76 Å². The van der Waals surface area contributed by atoms with Crippen LogP contribution in [-0.2, 0) is 9.53 Å². The van der Waals surface area contributed by atoms with Crippen molar-refractivity contribution in [1.82, 2.24) is 10.2 Å². The van der Waals surface area contributed by atoms with Crippen LogP contribution in [0.25, 0.3) is 0 Å². The summed E-state index contributed by atoms with van der Waals surface area (Å²) in [5, 5.41) is 3.05. The predicted molar refractivity (Wildman–Crippen MR) is 91.0 cm³/mol. The fraction of sp³-hybridized carbons (Fsp3) is 0.684. The lowest BCUT2D eigenvalue weighted by Gasteiger charge is -2.32. The van der Waals surface area contributed by atoms with Crippen LogP contribution in [-0.4, -0.2) is 49.6 Å². The number of carbonyl (C=O) groups is 2. The molecule has 1 N–H and O–H groups in total. The number of furan rings is 1. The molecule has 2 aliphatic heterocycles. The summed E-state index contributed by atoms with van der Waals surface area (Å²) in [6.07, 6.45) is 4.53. The first-order valence-corrected chi connectivity index (χ1v) is 9.29. The van der Waals surface area contributed by atoms with Crippen LogP contribution < -0.4 is 5.32 Å². The molecule has 1 aromatic rings. The van der Waals surface area contributed by atoms with Crippen molar-refractivity contribution in [3.05, 3.63) is 23.7 Å². The first kappa shape index (κ1) is 16.6. The fourth-order valence-electron chi connectivity index (χ4n) is 4.14. The molecule has 0 unspecified atom stereocenters. The highest BCUT2D eigenvalue weighted by Crippen LogP contribution is 2.36. The van der Waals surface area contributed by atoms with Gasteiger partial charge in [-0.15, -0.1) is 0 Å². The van der Waals surface area contributed by atoms with Crippen LogP contribution in [0.2, 0.25) is 0 Å². The van der Waals surface area contributed by atoms with Crippen LogP contribution in [0.15, 0.2) is 16.7 Å². The molecular weight excluding hydrogens is 320 g/mol. The van der Waals surface area contributed by atoms with Crippen molar-refractivity contribution in [3.8, 4) is 0 Å². The Labute approximate surface area is 147 Å². The number of aryl methyl sites for hydroxylation is 1. The van der Waals surface area contributed by atoms with E-state index >= 15 is 0 Å². The smallest absolute Gasteiger partial charge is 0.257 e. The molecule has 3 heterocycles. The highest BCUT2D eigenvalue weighted by Gasteiger charge is 2.43. The second-order valence-electron chi connectivity index (χ2n) is 7.77. The summed E-state index contributed by atoms with van der Waals surface area (Å²) in [6.45, 7) is 5.33. The molecule has 1 saturated carbocycles. The van der Waals surface area contributed by atoms with Crippen LogP contribution >= 0.6 is 0 Å². The van der Waals surface area contributed by atoms with Gasteiger partial charge in [0.15, 0.2) is 0 Å². The number of ether oxygens (including phenoxy) is 1. The zero-order valence-electron chi connectivity index (χ0n) is 14.7. The number of amides is 2. The maximum atomic E-state index is 12.7. The molecule has 3 aliphatic rings. The molecule has 2 saturated heterocycles. The van der Waals surface area contributed by atoms with Crippen molar-refractivity contribution >= 4 is 11.8 Å². The second kappa shape index (κ2) is 6.83. The molecule has 0 spiro atoms. The molecule has 6 nitrogen and oxygen atoms in total. The highest BCUT2D eigenvalue weighted by atomic mass is 16.5. The molecule has 0 bridgehead atoms. The third kappa shape index (κ3) is 3.59. The molecule has 6 heteroatoms. The lowest BCUT2D eigenvalue weighted by Crippen LogP contribution is -2.38. The van der Waals surface area contributed by atoms with Crippen molar-refractivity contribution in [2.24, 2.45) is 23.7 Å². The van der Waals surface area contributed by atoms with E-state index in [9.17, 15) is 9.59 Å². The largest absolute Gasteiger partial charge is 0.469 e. The third-order valence-electron chi connectivity index (χ3n) is 5.87. The Morgan fingerprint density at radius 3 is 2.84 bits per heavy atom. The van der Waals surface area contributed by atoms with Gasteiger partial charge in [-0.25, -0.2) is 0 Å². The first-order valence-electron chi connectivity index (χ1n) is 9.29. The summed E-state index contributed by atoms with van der Waals surface area (Å²) in [7, 11) is 0. The monoisotopic (exact) mass is 346 g/mol. The Morgan fingerprint density at radius 2 is 2.12 bits per heavy atom. The zero-order chi connectivity index (χ0) is 17.4. The van der Waals surface area contributed by atoms with E-state index in [0.29, 0.717) is 61.8 Å². The lowest BCUT2D eigenvalue weighted by molar-refractivity contribution is -0.124. The van der Waals surface area contributed by atoms with Crippen LogP contribution in [0.1, 0.15) is 35.4 Å². The van der Waals surface area contributed by atoms with Crippen LogP contribution in [0.5, 0.6) is 0 Å². The van der Waals surface area contributed by atoms with Gasteiger partial charge in [0.2, 0.25) is 5.91 Å². The highest BCUT2D eigenvalue weighted by molar-refractivity contribution is 5.95. The quantitative estimate of drug-likeness (QED) is 0.883. The molecule has 3 fully saturated rings. The Kier molecular flexibility index (Phi) is 4.54. The fourth-order valence-corrected chi connectivity index (χ4v) is 4.14. The summed E-state index contributed by atoms with van der Waals surface area (Å²) in [5.74, 6) is 2.36. The molecule has 3 atom stereocenters. The summed E-state index contributed by atoms with van der Waals surface area (Å²) in [4.78, 5) is 26.9. The number of nitrogens with zero attached hydrogens (tertiary/aromatic N) is 1. The summed E-state index contributed by atoms with van der Waals surface area (Å²) in [6, 6.07) is 1.74. The minimum absolute atomic E-state index is 0.0255. The lowest BCUT2D eigenvalue weighted by atomic mass is 9.81. The first-order chi connectivity index (χ1) is 12.1. The normalized spacial score (nSPS) is 28.7. The third-order valence-corrected chi connectivity index (χ3v) is 5.87. The molecule has 0 radical (unpaired) electrons. The molecule has 1 aromatic heterocycles. The van der Waals surface area contributed by atoms with E-state index in [2.05, 4.69) is 5.32 Å². The van der Waals surface area contributed by atoms with Gasteiger partial charge in [-0.3, -0.25) is 9.59 Å². The number of nitrogens with one attached hydrogen (secondary N) is 1. The minimum atomic E-state index is 0.0255.